The number of ether oxygens (including phenoxy) is 3. The quantitative estimate of drug-likeness (QED) is 0.431. The smallest absolute Gasteiger partial charge is 0.165 e. The van der Waals surface area contributed by atoms with Gasteiger partial charge in [0.25, 0.3) is 0 Å². The third-order valence-corrected chi connectivity index (χ3v) is 4.98. The fourth-order valence-corrected chi connectivity index (χ4v) is 3.20. The highest BCUT2D eigenvalue weighted by Crippen LogP contribution is 2.28. The molecule has 0 spiro atoms. The maximum Gasteiger partial charge on any atom is 0.165 e. The third kappa shape index (κ3) is 5.40. The molecule has 0 aliphatic carbocycles. The molecule has 156 valence electrons. The van der Waals surface area contributed by atoms with Crippen LogP contribution in [0.3, 0.4) is 0 Å². The lowest BCUT2D eigenvalue weighted by Gasteiger charge is -2.30. The van der Waals surface area contributed by atoms with Crippen LogP contribution in [-0.4, -0.2) is 26.1 Å². The SMILES string of the molecule is C=CCCOc1ccc(C2COC(CCc3ccc(C)c(F)c3F)OC2)cc1F. The van der Waals surface area contributed by atoms with Gasteiger partial charge in [-0.3, -0.25) is 0 Å². The van der Waals surface area contributed by atoms with Gasteiger partial charge in [-0.2, -0.15) is 0 Å². The van der Waals surface area contributed by atoms with Crippen molar-refractivity contribution in [3.05, 3.63) is 77.1 Å². The minimum atomic E-state index is -0.815. The molecule has 0 N–H and O–H groups in total. The first-order valence-electron chi connectivity index (χ1n) is 9.69. The van der Waals surface area contributed by atoms with Gasteiger partial charge in [0, 0.05) is 12.3 Å². The van der Waals surface area contributed by atoms with Crippen LogP contribution >= 0.6 is 0 Å². The number of aryl methyl sites for hydroxylation is 2. The van der Waals surface area contributed by atoms with Crippen LogP contribution in [0.5, 0.6) is 5.75 Å². The van der Waals surface area contributed by atoms with E-state index in [4.69, 9.17) is 14.2 Å². The summed E-state index contributed by atoms with van der Waals surface area (Å²) in [5.74, 6) is -1.95. The Morgan fingerprint density at radius 1 is 1.10 bits per heavy atom. The van der Waals surface area contributed by atoms with Crippen LogP contribution in [0.15, 0.2) is 43.0 Å². The molecule has 1 aliphatic rings. The lowest BCUT2D eigenvalue weighted by atomic mass is 9.99. The van der Waals surface area contributed by atoms with Crippen molar-refractivity contribution in [1.82, 2.24) is 0 Å². The first-order chi connectivity index (χ1) is 14.0. The summed E-state index contributed by atoms with van der Waals surface area (Å²) in [6.45, 7) is 6.24. The molecule has 0 bridgehead atoms. The van der Waals surface area contributed by atoms with Crippen molar-refractivity contribution < 1.29 is 27.4 Å². The van der Waals surface area contributed by atoms with Gasteiger partial charge in [-0.15, -0.1) is 6.58 Å². The lowest BCUT2D eigenvalue weighted by molar-refractivity contribution is -0.189. The van der Waals surface area contributed by atoms with E-state index in [-0.39, 0.29) is 17.2 Å². The zero-order valence-corrected chi connectivity index (χ0v) is 16.4. The van der Waals surface area contributed by atoms with Gasteiger partial charge in [-0.05, 0) is 48.6 Å². The highest BCUT2D eigenvalue weighted by Gasteiger charge is 2.25. The van der Waals surface area contributed by atoms with Gasteiger partial charge < -0.3 is 14.2 Å². The Labute approximate surface area is 169 Å². The molecule has 1 heterocycles. The Morgan fingerprint density at radius 2 is 1.86 bits per heavy atom. The second-order valence-corrected chi connectivity index (χ2v) is 7.12. The molecule has 3 rings (SSSR count). The Bertz CT molecular complexity index is 846. The second kappa shape index (κ2) is 9.94. The summed E-state index contributed by atoms with van der Waals surface area (Å²) >= 11 is 0. The van der Waals surface area contributed by atoms with Crippen molar-refractivity contribution in [3.63, 3.8) is 0 Å². The van der Waals surface area contributed by atoms with Crippen molar-refractivity contribution in [1.29, 1.82) is 0 Å². The molecule has 29 heavy (non-hydrogen) atoms. The fourth-order valence-electron chi connectivity index (χ4n) is 3.20. The van der Waals surface area contributed by atoms with Gasteiger partial charge in [0.05, 0.1) is 19.8 Å². The standard InChI is InChI=1S/C23H25F3O3/c1-3-4-11-27-20-9-7-17(12-19(20)24)18-13-28-21(29-14-18)10-8-16-6-5-15(2)22(25)23(16)26/h3,5-7,9,12,18,21H,1,4,8,10-11,13-14H2,2H3. The summed E-state index contributed by atoms with van der Waals surface area (Å²) in [5.41, 5.74) is 1.35. The van der Waals surface area contributed by atoms with Crippen LogP contribution in [0.25, 0.3) is 0 Å². The number of hydrogen-bond donors (Lipinski definition) is 0. The third-order valence-electron chi connectivity index (χ3n) is 4.98. The molecule has 2 aromatic carbocycles. The van der Waals surface area contributed by atoms with Crippen LogP contribution in [0.1, 0.15) is 35.4 Å². The molecular weight excluding hydrogens is 381 g/mol. The minimum Gasteiger partial charge on any atom is -0.490 e. The molecular formula is C23H25F3O3. The van der Waals surface area contributed by atoms with E-state index >= 15 is 0 Å². The van der Waals surface area contributed by atoms with Crippen molar-refractivity contribution in [3.8, 4) is 5.75 Å². The second-order valence-electron chi connectivity index (χ2n) is 7.12. The van der Waals surface area contributed by atoms with Crippen LogP contribution in [0, 0.1) is 24.4 Å². The summed E-state index contributed by atoms with van der Waals surface area (Å²) in [4.78, 5) is 0. The Morgan fingerprint density at radius 3 is 2.55 bits per heavy atom. The van der Waals surface area contributed by atoms with Crippen LogP contribution in [0.2, 0.25) is 0 Å². The van der Waals surface area contributed by atoms with Crippen LogP contribution in [0.4, 0.5) is 13.2 Å². The summed E-state index contributed by atoms with van der Waals surface area (Å²) in [5, 5.41) is 0. The Hall–Kier alpha value is -2.31. The zero-order valence-electron chi connectivity index (χ0n) is 16.4. The minimum absolute atomic E-state index is 0.100. The summed E-state index contributed by atoms with van der Waals surface area (Å²) in [7, 11) is 0. The van der Waals surface area contributed by atoms with E-state index in [0.29, 0.717) is 44.6 Å². The van der Waals surface area contributed by atoms with E-state index in [0.717, 1.165) is 5.56 Å². The largest absolute Gasteiger partial charge is 0.490 e. The predicted octanol–water partition coefficient (Wildman–Crippen LogP) is 5.46. The molecule has 0 saturated carbocycles. The predicted molar refractivity (Wildman–Crippen MR) is 105 cm³/mol. The maximum absolute atomic E-state index is 14.2. The Balaban J connectivity index is 1.51. The number of halogens is 3. The molecule has 3 nitrogen and oxygen atoms in total. The molecule has 0 unspecified atom stereocenters. The van der Waals surface area contributed by atoms with Crippen molar-refractivity contribution in [2.45, 2.75) is 38.4 Å². The van der Waals surface area contributed by atoms with Crippen molar-refractivity contribution in [2.24, 2.45) is 0 Å². The first-order valence-corrected chi connectivity index (χ1v) is 9.69. The number of rotatable bonds is 8. The zero-order chi connectivity index (χ0) is 20.8. The molecule has 0 amide bonds. The summed E-state index contributed by atoms with van der Waals surface area (Å²) < 4.78 is 58.6. The van der Waals surface area contributed by atoms with E-state index in [1.54, 1.807) is 30.3 Å². The van der Waals surface area contributed by atoms with Gasteiger partial charge in [-0.1, -0.05) is 24.3 Å². The highest BCUT2D eigenvalue weighted by atomic mass is 19.2. The van der Waals surface area contributed by atoms with E-state index in [2.05, 4.69) is 6.58 Å². The van der Waals surface area contributed by atoms with Gasteiger partial charge >= 0.3 is 0 Å². The monoisotopic (exact) mass is 406 g/mol. The van der Waals surface area contributed by atoms with E-state index in [1.165, 1.54) is 13.0 Å². The summed E-state index contributed by atoms with van der Waals surface area (Å²) in [6, 6.07) is 7.99. The van der Waals surface area contributed by atoms with Crippen molar-refractivity contribution in [2.75, 3.05) is 19.8 Å². The normalized spacial score (nSPS) is 19.2. The van der Waals surface area contributed by atoms with Crippen LogP contribution in [-0.2, 0) is 15.9 Å². The molecule has 1 aliphatic heterocycles. The molecule has 0 atom stereocenters. The van der Waals surface area contributed by atoms with Gasteiger partial charge in [-0.25, -0.2) is 13.2 Å². The van der Waals surface area contributed by atoms with Crippen LogP contribution < -0.4 is 4.74 Å². The highest BCUT2D eigenvalue weighted by molar-refractivity contribution is 5.31. The Kier molecular flexibility index (Phi) is 7.34. The van der Waals surface area contributed by atoms with Gasteiger partial charge in [0.15, 0.2) is 29.5 Å². The molecule has 2 aromatic rings. The first kappa shape index (κ1) is 21.4. The fraction of sp³-hybridized carbons (Fsp3) is 0.391. The average Bonchev–Trinajstić information content (AvgIpc) is 2.73. The molecule has 1 saturated heterocycles. The van der Waals surface area contributed by atoms with E-state index in [9.17, 15) is 13.2 Å². The molecule has 1 fully saturated rings. The van der Waals surface area contributed by atoms with Gasteiger partial charge in [0.1, 0.15) is 0 Å². The van der Waals surface area contributed by atoms with E-state index < -0.39 is 23.7 Å². The lowest BCUT2D eigenvalue weighted by Crippen LogP contribution is -2.31. The number of benzene rings is 2. The van der Waals surface area contributed by atoms with Crippen molar-refractivity contribution >= 4 is 0 Å². The summed E-state index contributed by atoms with van der Waals surface area (Å²) in [6.07, 6.45) is 2.58. The number of hydrogen-bond acceptors (Lipinski definition) is 3. The molecule has 0 radical (unpaired) electrons. The topological polar surface area (TPSA) is 27.7 Å². The molecule has 0 aromatic heterocycles. The van der Waals surface area contributed by atoms with E-state index in [1.807, 2.05) is 0 Å². The molecule has 6 heteroatoms. The van der Waals surface area contributed by atoms with Gasteiger partial charge in [0.2, 0.25) is 0 Å². The average molecular weight is 406 g/mol. The maximum atomic E-state index is 14.2.